The molecule has 0 spiro atoms. The number of aromatic nitrogens is 1. The molecule has 0 saturated heterocycles. The summed E-state index contributed by atoms with van der Waals surface area (Å²) in [4.78, 5) is 27.3. The van der Waals surface area contributed by atoms with Crippen LogP contribution in [0.5, 0.6) is 0 Å². The molecule has 1 amide bonds. The Morgan fingerprint density at radius 1 is 1.14 bits per heavy atom. The number of amides is 1. The normalized spacial score (nSPS) is 11.0. The van der Waals surface area contributed by atoms with E-state index < -0.39 is 11.5 Å². The zero-order chi connectivity index (χ0) is 16.3. The fraction of sp³-hybridized carbons (Fsp3) is 0.188. The number of hydrogen-bond acceptors (Lipinski definition) is 3. The molecule has 6 heteroatoms. The van der Waals surface area contributed by atoms with Gasteiger partial charge < -0.3 is 5.11 Å². The van der Waals surface area contributed by atoms with E-state index in [1.807, 2.05) is 38.1 Å². The molecule has 0 aliphatic rings. The first kappa shape index (κ1) is 16.2. The molecule has 5 nitrogen and oxygen atoms in total. The summed E-state index contributed by atoms with van der Waals surface area (Å²) in [6, 6.07) is 10.6. The van der Waals surface area contributed by atoms with Crippen LogP contribution in [0.1, 0.15) is 29.9 Å². The van der Waals surface area contributed by atoms with Crippen molar-refractivity contribution >= 4 is 33.5 Å². The Bertz CT molecular complexity index is 694. The molecule has 0 saturated carbocycles. The summed E-state index contributed by atoms with van der Waals surface area (Å²) in [5, 5.41) is 10.8. The Balaban J connectivity index is 2.26. The van der Waals surface area contributed by atoms with E-state index in [0.717, 1.165) is 10.0 Å². The van der Waals surface area contributed by atoms with Gasteiger partial charge >= 0.3 is 6.09 Å². The van der Waals surface area contributed by atoms with Crippen LogP contribution in [-0.4, -0.2) is 22.0 Å². The van der Waals surface area contributed by atoms with Crippen LogP contribution in [0.2, 0.25) is 0 Å². The molecule has 114 valence electrons. The second-order valence-electron chi connectivity index (χ2n) is 5.32. The highest BCUT2D eigenvalue weighted by Gasteiger charge is 2.31. The van der Waals surface area contributed by atoms with Gasteiger partial charge in [0.05, 0.1) is 17.3 Å². The lowest BCUT2D eigenvalue weighted by molar-refractivity contribution is 0.0903. The summed E-state index contributed by atoms with van der Waals surface area (Å²) in [5.74, 6) is -0.128. The van der Waals surface area contributed by atoms with Crippen molar-refractivity contribution in [3.8, 4) is 0 Å². The van der Waals surface area contributed by atoms with Gasteiger partial charge in [-0.1, -0.05) is 28.1 Å². The zero-order valence-corrected chi connectivity index (χ0v) is 13.7. The number of carbonyl (C=O) groups excluding carboxylic acids is 1. The molecule has 2 rings (SSSR count). The average molecular weight is 363 g/mol. The monoisotopic (exact) mass is 362 g/mol. The average Bonchev–Trinajstić information content (AvgIpc) is 2.47. The van der Waals surface area contributed by atoms with Crippen molar-refractivity contribution in [2.75, 3.05) is 5.32 Å². The number of ketones is 1. The van der Waals surface area contributed by atoms with Crippen molar-refractivity contribution in [1.29, 1.82) is 0 Å². The van der Waals surface area contributed by atoms with Crippen LogP contribution < -0.4 is 5.32 Å². The fourth-order valence-electron chi connectivity index (χ4n) is 2.04. The van der Waals surface area contributed by atoms with Crippen LogP contribution in [0.15, 0.2) is 47.1 Å². The first-order valence-electron chi connectivity index (χ1n) is 6.57. The number of carbonyl (C=O) groups is 2. The summed E-state index contributed by atoms with van der Waals surface area (Å²) >= 11 is 3.37. The molecule has 1 aromatic carbocycles. The van der Waals surface area contributed by atoms with Crippen molar-refractivity contribution in [2.45, 2.75) is 19.3 Å². The van der Waals surface area contributed by atoms with Crippen LogP contribution in [0.4, 0.5) is 10.5 Å². The maximum Gasteiger partial charge on any atom is 0.409 e. The highest BCUT2D eigenvalue weighted by molar-refractivity contribution is 9.10. The Morgan fingerprint density at radius 2 is 1.77 bits per heavy atom. The molecule has 1 heterocycles. The lowest BCUT2D eigenvalue weighted by atomic mass is 9.79. The van der Waals surface area contributed by atoms with Gasteiger partial charge in [-0.3, -0.25) is 15.1 Å². The molecule has 0 aliphatic heterocycles. The third-order valence-electron chi connectivity index (χ3n) is 3.38. The number of benzene rings is 1. The lowest BCUT2D eigenvalue weighted by Gasteiger charge is -2.23. The van der Waals surface area contributed by atoms with Crippen LogP contribution in [0.3, 0.4) is 0 Å². The fourth-order valence-corrected chi connectivity index (χ4v) is 2.31. The number of rotatable bonds is 4. The first-order chi connectivity index (χ1) is 10.3. The maximum absolute atomic E-state index is 12.7. The van der Waals surface area contributed by atoms with E-state index >= 15 is 0 Å². The Morgan fingerprint density at radius 3 is 2.27 bits per heavy atom. The standard InChI is InChI=1S/C16H15BrN2O3/c1-16(2,10-3-5-11(17)6-4-10)14(20)13-8-7-12(9-18-13)19-15(21)22/h3-9,19H,1-2H3,(H,21,22). The highest BCUT2D eigenvalue weighted by Crippen LogP contribution is 2.28. The van der Waals surface area contributed by atoms with Crippen LogP contribution in [0.25, 0.3) is 0 Å². The lowest BCUT2D eigenvalue weighted by Crippen LogP contribution is -2.29. The number of nitrogens with zero attached hydrogens (tertiary/aromatic N) is 1. The molecule has 2 N–H and O–H groups in total. The van der Waals surface area contributed by atoms with Crippen molar-refractivity contribution in [3.63, 3.8) is 0 Å². The van der Waals surface area contributed by atoms with Crippen molar-refractivity contribution in [3.05, 3.63) is 58.3 Å². The quantitative estimate of drug-likeness (QED) is 0.802. The maximum atomic E-state index is 12.7. The molecule has 0 radical (unpaired) electrons. The minimum Gasteiger partial charge on any atom is -0.465 e. The second-order valence-corrected chi connectivity index (χ2v) is 6.24. The number of halogens is 1. The minimum absolute atomic E-state index is 0.128. The molecule has 2 aromatic rings. The molecule has 22 heavy (non-hydrogen) atoms. The summed E-state index contributed by atoms with van der Waals surface area (Å²) in [6.45, 7) is 3.67. The van der Waals surface area contributed by atoms with E-state index in [2.05, 4.69) is 26.2 Å². The molecular formula is C16H15BrN2O3. The number of pyridine rings is 1. The van der Waals surface area contributed by atoms with Gasteiger partial charge in [0.25, 0.3) is 0 Å². The van der Waals surface area contributed by atoms with E-state index in [9.17, 15) is 9.59 Å². The number of hydrogen-bond donors (Lipinski definition) is 2. The third kappa shape index (κ3) is 3.51. The topological polar surface area (TPSA) is 79.3 Å². The van der Waals surface area contributed by atoms with Crippen LogP contribution in [-0.2, 0) is 5.41 Å². The van der Waals surface area contributed by atoms with E-state index in [1.54, 1.807) is 0 Å². The Hall–Kier alpha value is -2.21. The molecular weight excluding hydrogens is 348 g/mol. The molecule has 0 fully saturated rings. The molecule has 1 aromatic heterocycles. The van der Waals surface area contributed by atoms with Crippen LogP contribution in [0, 0.1) is 0 Å². The van der Waals surface area contributed by atoms with Gasteiger partial charge in [-0.2, -0.15) is 0 Å². The van der Waals surface area contributed by atoms with E-state index in [1.165, 1.54) is 18.3 Å². The largest absolute Gasteiger partial charge is 0.465 e. The predicted octanol–water partition coefficient (Wildman–Crippen LogP) is 4.09. The van der Waals surface area contributed by atoms with Gasteiger partial charge in [0.2, 0.25) is 0 Å². The summed E-state index contributed by atoms with van der Waals surface area (Å²) in [6.07, 6.45) is 0.162. The summed E-state index contributed by atoms with van der Waals surface area (Å²) < 4.78 is 0.946. The van der Waals surface area contributed by atoms with E-state index in [-0.39, 0.29) is 5.78 Å². The molecule has 0 aliphatic carbocycles. The van der Waals surface area contributed by atoms with Crippen molar-refractivity contribution in [1.82, 2.24) is 4.98 Å². The Kier molecular flexibility index (Phi) is 4.61. The van der Waals surface area contributed by atoms with Gasteiger partial charge in [0, 0.05) is 4.47 Å². The van der Waals surface area contributed by atoms with E-state index in [4.69, 9.17) is 5.11 Å². The summed E-state index contributed by atoms with van der Waals surface area (Å²) in [5.41, 5.74) is 0.778. The van der Waals surface area contributed by atoms with Gasteiger partial charge in [-0.05, 0) is 43.7 Å². The minimum atomic E-state index is -1.17. The smallest absolute Gasteiger partial charge is 0.409 e. The SMILES string of the molecule is CC(C)(C(=O)c1ccc(NC(=O)O)cn1)c1ccc(Br)cc1. The van der Waals surface area contributed by atoms with Gasteiger partial charge in [-0.15, -0.1) is 0 Å². The van der Waals surface area contributed by atoms with Gasteiger partial charge in [-0.25, -0.2) is 4.79 Å². The molecule has 0 bridgehead atoms. The van der Waals surface area contributed by atoms with Crippen molar-refractivity contribution < 1.29 is 14.7 Å². The number of nitrogens with one attached hydrogen (secondary N) is 1. The second kappa shape index (κ2) is 6.27. The first-order valence-corrected chi connectivity index (χ1v) is 7.37. The zero-order valence-electron chi connectivity index (χ0n) is 12.1. The van der Waals surface area contributed by atoms with Crippen LogP contribution >= 0.6 is 15.9 Å². The number of carboxylic acid groups (broad SMARTS) is 1. The summed E-state index contributed by atoms with van der Waals surface area (Å²) in [7, 11) is 0. The Labute approximate surface area is 136 Å². The third-order valence-corrected chi connectivity index (χ3v) is 3.91. The van der Waals surface area contributed by atoms with E-state index in [0.29, 0.717) is 11.4 Å². The molecule has 0 unspecified atom stereocenters. The highest BCUT2D eigenvalue weighted by atomic mass is 79.9. The number of Topliss-reactive ketones (excluding diaryl/α,β-unsaturated/α-hetero) is 1. The van der Waals surface area contributed by atoms with Gasteiger partial charge in [0.15, 0.2) is 5.78 Å². The number of anilines is 1. The predicted molar refractivity (Wildman–Crippen MR) is 87.4 cm³/mol. The van der Waals surface area contributed by atoms with Gasteiger partial charge in [0.1, 0.15) is 5.69 Å². The van der Waals surface area contributed by atoms with Crippen molar-refractivity contribution in [2.24, 2.45) is 0 Å². The molecule has 0 atom stereocenters.